The Balaban J connectivity index is 1.92. The first kappa shape index (κ1) is 16.1. The zero-order valence-corrected chi connectivity index (χ0v) is 12.5. The summed E-state index contributed by atoms with van der Waals surface area (Å²) in [7, 11) is 0. The highest BCUT2D eigenvalue weighted by molar-refractivity contribution is 5.33. The molecule has 21 heavy (non-hydrogen) atoms. The summed E-state index contributed by atoms with van der Waals surface area (Å²) >= 11 is 0. The SMILES string of the molecule is CC1(C)CCC(NCc2ccccc2OC(F)(F)F)CC1. The molecule has 1 aromatic rings. The molecule has 0 radical (unpaired) electrons. The number of hydrogen-bond donors (Lipinski definition) is 1. The second-order valence-corrected chi connectivity index (χ2v) is 6.47. The van der Waals surface area contributed by atoms with Gasteiger partial charge in [0.15, 0.2) is 0 Å². The van der Waals surface area contributed by atoms with E-state index in [1.54, 1.807) is 18.2 Å². The molecule has 1 aliphatic carbocycles. The largest absolute Gasteiger partial charge is 0.573 e. The zero-order chi connectivity index (χ0) is 15.5. The Bertz CT molecular complexity index is 461. The van der Waals surface area contributed by atoms with Crippen molar-refractivity contribution in [1.82, 2.24) is 5.32 Å². The van der Waals surface area contributed by atoms with E-state index in [4.69, 9.17) is 0 Å². The van der Waals surface area contributed by atoms with Crippen molar-refractivity contribution in [2.24, 2.45) is 5.41 Å². The molecule has 0 atom stereocenters. The minimum absolute atomic E-state index is 0.117. The summed E-state index contributed by atoms with van der Waals surface area (Å²) in [4.78, 5) is 0. The predicted octanol–water partition coefficient (Wildman–Crippen LogP) is 4.64. The second-order valence-electron chi connectivity index (χ2n) is 6.47. The Hall–Kier alpha value is -1.23. The molecule has 0 unspecified atom stereocenters. The van der Waals surface area contributed by atoms with E-state index in [2.05, 4.69) is 23.9 Å². The van der Waals surface area contributed by atoms with Crippen LogP contribution in [0.15, 0.2) is 24.3 Å². The van der Waals surface area contributed by atoms with Crippen LogP contribution >= 0.6 is 0 Å². The van der Waals surface area contributed by atoms with E-state index in [0.717, 1.165) is 25.7 Å². The smallest absolute Gasteiger partial charge is 0.405 e. The van der Waals surface area contributed by atoms with Gasteiger partial charge >= 0.3 is 6.36 Å². The molecule has 118 valence electrons. The molecule has 0 amide bonds. The van der Waals surface area contributed by atoms with Crippen LogP contribution in [0.1, 0.15) is 45.1 Å². The van der Waals surface area contributed by atoms with Crippen LogP contribution in [0.4, 0.5) is 13.2 Å². The maximum atomic E-state index is 12.4. The van der Waals surface area contributed by atoms with E-state index < -0.39 is 6.36 Å². The number of hydrogen-bond acceptors (Lipinski definition) is 2. The highest BCUT2D eigenvalue weighted by atomic mass is 19.4. The third-order valence-electron chi connectivity index (χ3n) is 4.12. The van der Waals surface area contributed by atoms with Gasteiger partial charge in [0.2, 0.25) is 0 Å². The van der Waals surface area contributed by atoms with E-state index in [1.807, 2.05) is 0 Å². The van der Waals surface area contributed by atoms with Crippen molar-refractivity contribution in [2.75, 3.05) is 0 Å². The van der Waals surface area contributed by atoms with Gasteiger partial charge in [-0.3, -0.25) is 0 Å². The number of ether oxygens (including phenoxy) is 1. The summed E-state index contributed by atoms with van der Waals surface area (Å²) in [5.41, 5.74) is 0.926. The fourth-order valence-electron chi connectivity index (χ4n) is 2.73. The number of halogens is 3. The molecule has 1 aromatic carbocycles. The summed E-state index contributed by atoms with van der Waals surface area (Å²) in [5.74, 6) is -0.117. The lowest BCUT2D eigenvalue weighted by molar-refractivity contribution is -0.274. The quantitative estimate of drug-likeness (QED) is 0.874. The predicted molar refractivity (Wildman–Crippen MR) is 76.0 cm³/mol. The lowest BCUT2D eigenvalue weighted by atomic mass is 9.75. The molecule has 1 N–H and O–H groups in total. The number of benzene rings is 1. The van der Waals surface area contributed by atoms with Crippen LogP contribution < -0.4 is 10.1 Å². The fraction of sp³-hybridized carbons (Fsp3) is 0.625. The summed E-state index contributed by atoms with van der Waals surface area (Å²) in [5, 5.41) is 3.35. The van der Waals surface area contributed by atoms with E-state index in [-0.39, 0.29) is 5.75 Å². The van der Waals surface area contributed by atoms with Crippen LogP contribution in [0.3, 0.4) is 0 Å². The molecule has 0 spiro atoms. The Morgan fingerprint density at radius 3 is 2.43 bits per heavy atom. The van der Waals surface area contributed by atoms with Gasteiger partial charge in [-0.05, 0) is 37.2 Å². The molecular weight excluding hydrogens is 279 g/mol. The van der Waals surface area contributed by atoms with Crippen molar-refractivity contribution >= 4 is 0 Å². The Morgan fingerprint density at radius 2 is 1.81 bits per heavy atom. The normalized spacial score (nSPS) is 19.5. The van der Waals surface area contributed by atoms with Crippen molar-refractivity contribution in [3.8, 4) is 5.75 Å². The van der Waals surface area contributed by atoms with Crippen LogP contribution in [0, 0.1) is 5.41 Å². The average molecular weight is 301 g/mol. The first-order chi connectivity index (χ1) is 9.75. The number of nitrogens with one attached hydrogen (secondary N) is 1. The first-order valence-electron chi connectivity index (χ1n) is 7.32. The molecule has 1 aliphatic rings. The van der Waals surface area contributed by atoms with Gasteiger partial charge in [0, 0.05) is 18.2 Å². The standard InChI is InChI=1S/C16H22F3NO/c1-15(2)9-7-13(8-10-15)20-11-12-5-3-4-6-14(12)21-16(17,18)19/h3-6,13,20H,7-11H2,1-2H3. The molecule has 0 aliphatic heterocycles. The van der Waals surface area contributed by atoms with Crippen LogP contribution in [-0.2, 0) is 6.54 Å². The molecule has 1 fully saturated rings. The number of alkyl halides is 3. The minimum atomic E-state index is -4.65. The number of para-hydroxylation sites is 1. The van der Waals surface area contributed by atoms with Gasteiger partial charge in [-0.2, -0.15) is 0 Å². The zero-order valence-electron chi connectivity index (χ0n) is 12.5. The lowest BCUT2D eigenvalue weighted by Gasteiger charge is -2.34. The van der Waals surface area contributed by atoms with Gasteiger partial charge in [0.25, 0.3) is 0 Å². The molecular formula is C16H22F3NO. The van der Waals surface area contributed by atoms with Gasteiger partial charge in [-0.15, -0.1) is 13.2 Å². The maximum absolute atomic E-state index is 12.4. The molecule has 0 saturated heterocycles. The van der Waals surface area contributed by atoms with Crippen molar-refractivity contribution in [3.05, 3.63) is 29.8 Å². The molecule has 2 rings (SSSR count). The topological polar surface area (TPSA) is 21.3 Å². The van der Waals surface area contributed by atoms with Crippen molar-refractivity contribution in [2.45, 2.75) is 58.5 Å². The molecule has 1 saturated carbocycles. The lowest BCUT2D eigenvalue weighted by Crippen LogP contribution is -2.35. The van der Waals surface area contributed by atoms with Gasteiger partial charge in [0.1, 0.15) is 5.75 Å². The fourth-order valence-corrected chi connectivity index (χ4v) is 2.73. The second kappa shape index (κ2) is 6.26. The summed E-state index contributed by atoms with van der Waals surface area (Å²) in [6, 6.07) is 6.67. The van der Waals surface area contributed by atoms with Gasteiger partial charge in [0.05, 0.1) is 0 Å². The van der Waals surface area contributed by atoms with Crippen molar-refractivity contribution in [1.29, 1.82) is 0 Å². The van der Waals surface area contributed by atoms with Gasteiger partial charge < -0.3 is 10.1 Å². The first-order valence-corrected chi connectivity index (χ1v) is 7.32. The molecule has 2 nitrogen and oxygen atoms in total. The number of rotatable bonds is 4. The average Bonchev–Trinajstić information content (AvgIpc) is 2.37. The van der Waals surface area contributed by atoms with Crippen LogP contribution in [0.2, 0.25) is 0 Å². The van der Waals surface area contributed by atoms with Gasteiger partial charge in [-0.1, -0.05) is 32.0 Å². The molecule has 0 bridgehead atoms. The molecule has 0 heterocycles. The monoisotopic (exact) mass is 301 g/mol. The molecule has 5 heteroatoms. The third kappa shape index (κ3) is 5.23. The van der Waals surface area contributed by atoms with Gasteiger partial charge in [-0.25, -0.2) is 0 Å². The third-order valence-corrected chi connectivity index (χ3v) is 4.12. The van der Waals surface area contributed by atoms with E-state index in [1.165, 1.54) is 6.07 Å². The summed E-state index contributed by atoms with van der Waals surface area (Å²) in [6.45, 7) is 4.92. The van der Waals surface area contributed by atoms with Crippen molar-refractivity contribution in [3.63, 3.8) is 0 Å². The highest BCUT2D eigenvalue weighted by Gasteiger charge is 2.32. The molecule has 0 aromatic heterocycles. The highest BCUT2D eigenvalue weighted by Crippen LogP contribution is 2.35. The minimum Gasteiger partial charge on any atom is -0.405 e. The Labute approximate surface area is 123 Å². The van der Waals surface area contributed by atoms with E-state index in [9.17, 15) is 13.2 Å². The summed E-state index contributed by atoms with van der Waals surface area (Å²) < 4.78 is 41.1. The van der Waals surface area contributed by atoms with Crippen LogP contribution in [0.5, 0.6) is 5.75 Å². The van der Waals surface area contributed by atoms with Crippen molar-refractivity contribution < 1.29 is 17.9 Å². The van der Waals surface area contributed by atoms with E-state index >= 15 is 0 Å². The van der Waals surface area contributed by atoms with Crippen LogP contribution in [0.25, 0.3) is 0 Å². The Morgan fingerprint density at radius 1 is 1.19 bits per heavy atom. The Kier molecular flexibility index (Phi) is 4.81. The van der Waals surface area contributed by atoms with E-state index in [0.29, 0.717) is 23.6 Å². The maximum Gasteiger partial charge on any atom is 0.573 e. The summed E-state index contributed by atoms with van der Waals surface area (Å²) in [6.07, 6.45) is -0.230. The van der Waals surface area contributed by atoms with Crippen LogP contribution in [-0.4, -0.2) is 12.4 Å².